The quantitative estimate of drug-likeness (QED) is 0.101. The Morgan fingerprint density at radius 1 is 1.02 bits per heavy atom. The lowest BCUT2D eigenvalue weighted by Gasteiger charge is -2.51. The minimum Gasteiger partial charge on any atom is -0.466 e. The Hall–Kier alpha value is -2.39. The molecule has 0 aliphatic carbocycles. The Bertz CT molecular complexity index is 1200. The topological polar surface area (TPSA) is 177 Å². The molecule has 0 aromatic carbocycles. The van der Waals surface area contributed by atoms with Crippen LogP contribution in [-0.4, -0.2) is 108 Å². The van der Waals surface area contributed by atoms with E-state index in [1.54, 1.807) is 26.0 Å². The van der Waals surface area contributed by atoms with Gasteiger partial charge in [-0.3, -0.25) is 9.59 Å². The molecule has 3 N–H and O–H groups in total. The Kier molecular flexibility index (Phi) is 15.9. The largest absolute Gasteiger partial charge is 0.466 e. The predicted molar refractivity (Wildman–Crippen MR) is 184 cm³/mol. The molecular formula is C38H60O13. The van der Waals surface area contributed by atoms with Crippen LogP contribution >= 0.6 is 0 Å². The van der Waals surface area contributed by atoms with Gasteiger partial charge in [0.15, 0.2) is 12.4 Å². The number of rotatable bonds is 9. The zero-order valence-corrected chi connectivity index (χ0v) is 30.8. The van der Waals surface area contributed by atoms with E-state index >= 15 is 0 Å². The van der Waals surface area contributed by atoms with Crippen molar-refractivity contribution in [2.24, 2.45) is 5.41 Å². The molecule has 9 atom stereocenters. The lowest BCUT2D eigenvalue weighted by Crippen LogP contribution is -2.62. The summed E-state index contributed by atoms with van der Waals surface area (Å²) < 4.78 is 41.4. The van der Waals surface area contributed by atoms with E-state index in [1.165, 1.54) is 13.2 Å². The maximum atomic E-state index is 13.3. The molecule has 4 rings (SSSR count). The fourth-order valence-electron chi connectivity index (χ4n) is 7.32. The van der Waals surface area contributed by atoms with Gasteiger partial charge in [-0.15, -0.1) is 0 Å². The Balaban J connectivity index is 1.67. The Morgan fingerprint density at radius 3 is 2.53 bits per heavy atom. The van der Waals surface area contributed by atoms with Gasteiger partial charge in [-0.2, -0.15) is 0 Å². The van der Waals surface area contributed by atoms with Crippen LogP contribution in [0.3, 0.4) is 0 Å². The summed E-state index contributed by atoms with van der Waals surface area (Å²) in [6.07, 6.45) is 7.27. The van der Waals surface area contributed by atoms with Crippen molar-refractivity contribution in [1.29, 1.82) is 0 Å². The first-order valence-electron chi connectivity index (χ1n) is 18.9. The number of carbonyl (C=O) groups is 3. The lowest BCUT2D eigenvalue weighted by atomic mass is 9.74. The van der Waals surface area contributed by atoms with E-state index in [2.05, 4.69) is 6.92 Å². The van der Waals surface area contributed by atoms with E-state index in [9.17, 15) is 29.7 Å². The Labute approximate surface area is 302 Å². The minimum absolute atomic E-state index is 0.00906. The number of unbranched alkanes of at least 4 members (excludes halogenated alkanes) is 4. The van der Waals surface area contributed by atoms with Gasteiger partial charge in [0.25, 0.3) is 0 Å². The molecule has 0 radical (unpaired) electrons. The fraction of sp³-hybridized carbons (Fsp3) is 0.816. The number of fused-ring (bicyclic) bond motifs is 6. The van der Waals surface area contributed by atoms with Crippen molar-refractivity contribution >= 4 is 17.9 Å². The molecule has 4 heterocycles. The number of ether oxygens (including phenoxy) is 7. The molecule has 0 aromatic heterocycles. The first kappa shape index (κ1) is 41.4. The van der Waals surface area contributed by atoms with Gasteiger partial charge in [0.2, 0.25) is 5.79 Å². The molecule has 0 aromatic rings. The van der Waals surface area contributed by atoms with E-state index in [4.69, 9.17) is 33.2 Å². The number of cyclic esters (lactones) is 1. The summed E-state index contributed by atoms with van der Waals surface area (Å²) in [5.41, 5.74) is -1.03. The van der Waals surface area contributed by atoms with Crippen molar-refractivity contribution in [2.45, 2.75) is 172 Å². The monoisotopic (exact) mass is 724 g/mol. The molecule has 4 aliphatic heterocycles. The smallest absolute Gasteiger partial charge is 0.330 e. The van der Waals surface area contributed by atoms with Crippen molar-refractivity contribution in [2.75, 3.05) is 20.3 Å². The fourth-order valence-corrected chi connectivity index (χ4v) is 7.32. The van der Waals surface area contributed by atoms with Crippen LogP contribution in [-0.2, 0) is 47.5 Å². The predicted octanol–water partition coefficient (Wildman–Crippen LogP) is 4.33. The highest BCUT2D eigenvalue weighted by atomic mass is 16.7. The third-order valence-electron chi connectivity index (χ3n) is 10.4. The molecule has 0 amide bonds. The minimum atomic E-state index is -2.24. The molecule has 3 fully saturated rings. The van der Waals surface area contributed by atoms with Gasteiger partial charge in [-0.1, -0.05) is 52.5 Å². The summed E-state index contributed by atoms with van der Waals surface area (Å²) in [5, 5.41) is 33.8. The van der Waals surface area contributed by atoms with Crippen molar-refractivity contribution < 1.29 is 62.9 Å². The molecule has 0 spiro atoms. The first-order chi connectivity index (χ1) is 24.4. The van der Waals surface area contributed by atoms with Crippen LogP contribution in [0.25, 0.3) is 0 Å². The summed E-state index contributed by atoms with van der Waals surface area (Å²) in [7, 11) is 1.22. The third-order valence-corrected chi connectivity index (χ3v) is 10.4. The van der Waals surface area contributed by atoms with Crippen molar-refractivity contribution in [3.05, 3.63) is 23.8 Å². The molecular weight excluding hydrogens is 664 g/mol. The number of hydrogen-bond acceptors (Lipinski definition) is 13. The van der Waals surface area contributed by atoms with E-state index in [0.29, 0.717) is 32.3 Å². The van der Waals surface area contributed by atoms with Gasteiger partial charge in [-0.05, 0) is 63.0 Å². The van der Waals surface area contributed by atoms with Crippen molar-refractivity contribution in [3.8, 4) is 0 Å². The number of aliphatic hydroxyl groups excluding tert-OH is 2. The van der Waals surface area contributed by atoms with Gasteiger partial charge in [-0.25, -0.2) is 4.79 Å². The van der Waals surface area contributed by atoms with Gasteiger partial charge in [0.1, 0.15) is 6.10 Å². The second kappa shape index (κ2) is 19.6. The van der Waals surface area contributed by atoms with Crippen LogP contribution in [0.2, 0.25) is 0 Å². The summed E-state index contributed by atoms with van der Waals surface area (Å²) in [6, 6.07) is 0. The molecule has 6 bridgehead atoms. The third kappa shape index (κ3) is 11.8. The van der Waals surface area contributed by atoms with Crippen LogP contribution in [0.4, 0.5) is 0 Å². The average molecular weight is 725 g/mol. The van der Waals surface area contributed by atoms with Crippen LogP contribution in [0.15, 0.2) is 23.8 Å². The summed E-state index contributed by atoms with van der Waals surface area (Å²) in [5.74, 6) is -4.11. The maximum absolute atomic E-state index is 13.3. The summed E-state index contributed by atoms with van der Waals surface area (Å²) in [4.78, 5) is 38.8. The number of hydrogen-bond donors (Lipinski definition) is 3. The summed E-state index contributed by atoms with van der Waals surface area (Å²) >= 11 is 0. The molecule has 13 heteroatoms. The van der Waals surface area contributed by atoms with E-state index < -0.39 is 72.5 Å². The molecule has 0 saturated carbocycles. The van der Waals surface area contributed by atoms with Crippen LogP contribution in [0.1, 0.15) is 117 Å². The lowest BCUT2D eigenvalue weighted by molar-refractivity contribution is -0.327. The van der Waals surface area contributed by atoms with Crippen LogP contribution in [0, 0.1) is 5.41 Å². The van der Waals surface area contributed by atoms with E-state index in [-0.39, 0.29) is 49.9 Å². The van der Waals surface area contributed by atoms with Gasteiger partial charge in [0, 0.05) is 30.8 Å². The van der Waals surface area contributed by atoms with Gasteiger partial charge in [0.05, 0.1) is 50.8 Å². The molecule has 4 aliphatic rings. The standard InChI is InChI=1S/C38H60O13/c1-5-6-7-8-9-13-32(41)50-36-25(21-34(43)45-4)20-28-23-29(24-39)48-33(42)15-14-30(40)31-12-10-11-26(47-31)22-27-17-19-46-35(49-27)16-18-37(2,3)38(36,44)51-28/h16,18,21,26-31,35-36,39-40,44H,5-15,17,19-20,22-24H2,1-4H3/b18-16+,25-21+/t26-,27+,28?,29?,30+,31+,35+,36+,38-/m1/s1. The number of carbonyl (C=O) groups excluding carboxylic acids is 3. The number of methoxy groups -OCH3 is 1. The molecule has 290 valence electrons. The van der Waals surface area contributed by atoms with Crippen LogP contribution < -0.4 is 0 Å². The average Bonchev–Trinajstić information content (AvgIpc) is 3.10. The van der Waals surface area contributed by atoms with Gasteiger partial charge < -0.3 is 48.5 Å². The second-order valence-corrected chi connectivity index (χ2v) is 14.9. The first-order valence-corrected chi connectivity index (χ1v) is 18.9. The molecule has 13 nitrogen and oxygen atoms in total. The zero-order chi connectivity index (χ0) is 37.0. The van der Waals surface area contributed by atoms with Crippen molar-refractivity contribution in [1.82, 2.24) is 0 Å². The Morgan fingerprint density at radius 2 is 1.78 bits per heavy atom. The highest BCUT2D eigenvalue weighted by Crippen LogP contribution is 2.47. The highest BCUT2D eigenvalue weighted by molar-refractivity contribution is 5.83. The SMILES string of the molecule is CCCCCCCC(=O)O[C@H]1/C(=C/C(=O)OC)CC2CC(CO)OC(=O)CC[C@H](O)[C@@H]3CCC[C@H](C[C@@H]4CCO[C@H](/C=C/C(C)(C)[C@]1(O)O2)O4)O3. The van der Waals surface area contributed by atoms with E-state index in [0.717, 1.165) is 38.5 Å². The van der Waals surface area contributed by atoms with Crippen molar-refractivity contribution in [3.63, 3.8) is 0 Å². The van der Waals surface area contributed by atoms with E-state index in [1.807, 2.05) is 0 Å². The van der Waals surface area contributed by atoms with Gasteiger partial charge >= 0.3 is 17.9 Å². The number of esters is 3. The zero-order valence-electron chi connectivity index (χ0n) is 30.8. The number of aliphatic hydroxyl groups is 3. The second-order valence-electron chi connectivity index (χ2n) is 14.9. The summed E-state index contributed by atoms with van der Waals surface area (Å²) in [6.45, 7) is 5.44. The highest BCUT2D eigenvalue weighted by Gasteiger charge is 2.57. The normalized spacial score (nSPS) is 36.4. The molecule has 2 unspecified atom stereocenters. The molecule has 51 heavy (non-hydrogen) atoms. The van der Waals surface area contributed by atoms with Crippen LogP contribution in [0.5, 0.6) is 0 Å². The molecule has 3 saturated heterocycles. The maximum Gasteiger partial charge on any atom is 0.330 e.